The van der Waals surface area contributed by atoms with Crippen LogP contribution in [0.4, 0.5) is 0 Å². The molecule has 14 heavy (non-hydrogen) atoms. The molecule has 0 aromatic rings. The zero-order valence-electron chi connectivity index (χ0n) is 9.70. The molecule has 0 spiro atoms. The van der Waals surface area contributed by atoms with E-state index in [4.69, 9.17) is 4.74 Å². The number of rotatable bonds is 1. The number of hydrogen-bond donors (Lipinski definition) is 0. The van der Waals surface area contributed by atoms with Gasteiger partial charge in [0.15, 0.2) is 0 Å². The molecule has 0 saturated heterocycles. The van der Waals surface area contributed by atoms with Gasteiger partial charge < -0.3 is 9.64 Å². The van der Waals surface area contributed by atoms with Gasteiger partial charge in [0.1, 0.15) is 0 Å². The molecule has 0 N–H and O–H groups in total. The largest absolute Gasteiger partial charge is 0.377 e. The van der Waals surface area contributed by atoms with Crippen molar-refractivity contribution in [2.45, 2.75) is 33.2 Å². The third kappa shape index (κ3) is 4.25. The van der Waals surface area contributed by atoms with Crippen LogP contribution in [0.3, 0.4) is 0 Å². The molecule has 1 aliphatic rings. The molecule has 0 aliphatic carbocycles. The maximum Gasteiger partial charge on any atom is 0.0647 e. The van der Waals surface area contributed by atoms with Gasteiger partial charge in [0, 0.05) is 25.7 Å². The van der Waals surface area contributed by atoms with Gasteiger partial charge in [0.2, 0.25) is 0 Å². The van der Waals surface area contributed by atoms with Crippen molar-refractivity contribution in [1.29, 1.82) is 0 Å². The summed E-state index contributed by atoms with van der Waals surface area (Å²) in [5, 5.41) is 0. The van der Waals surface area contributed by atoms with Crippen molar-refractivity contribution in [2.24, 2.45) is 5.92 Å². The van der Waals surface area contributed by atoms with Crippen LogP contribution < -0.4 is 0 Å². The molecule has 1 rings (SSSR count). The Kier molecular flexibility index (Phi) is 5.20. The number of nitrogens with zero attached hydrogens (tertiary/aromatic N) is 1. The third-order valence-electron chi connectivity index (χ3n) is 2.67. The van der Waals surface area contributed by atoms with Crippen molar-refractivity contribution in [1.82, 2.24) is 4.90 Å². The fourth-order valence-electron chi connectivity index (χ4n) is 1.80. The molecule has 0 radical (unpaired) electrons. The fraction of sp³-hybridized carbons (Fsp3) is 0.833. The Labute approximate surface area is 87.9 Å². The van der Waals surface area contributed by atoms with Gasteiger partial charge in [-0.15, -0.1) is 0 Å². The predicted molar refractivity (Wildman–Crippen MR) is 60.4 cm³/mol. The number of hydrogen-bond acceptors (Lipinski definition) is 2. The van der Waals surface area contributed by atoms with Crippen molar-refractivity contribution in [3.05, 3.63) is 12.2 Å². The first-order valence-corrected chi connectivity index (χ1v) is 5.68. The van der Waals surface area contributed by atoms with E-state index in [1.54, 1.807) is 0 Å². The quantitative estimate of drug-likeness (QED) is 0.598. The maximum atomic E-state index is 5.47. The Balaban J connectivity index is 2.49. The molecule has 2 nitrogen and oxygen atoms in total. The van der Waals surface area contributed by atoms with E-state index in [1.165, 1.54) is 6.54 Å². The lowest BCUT2D eigenvalue weighted by Crippen LogP contribution is -2.36. The Hall–Kier alpha value is -0.340. The van der Waals surface area contributed by atoms with Crippen molar-refractivity contribution in [3.8, 4) is 0 Å². The smallest absolute Gasteiger partial charge is 0.0647 e. The summed E-state index contributed by atoms with van der Waals surface area (Å²) in [7, 11) is 0. The highest BCUT2D eigenvalue weighted by molar-refractivity contribution is 4.88. The monoisotopic (exact) mass is 197 g/mol. The third-order valence-corrected chi connectivity index (χ3v) is 2.67. The van der Waals surface area contributed by atoms with Crippen LogP contribution in [-0.2, 0) is 4.74 Å². The second kappa shape index (κ2) is 6.20. The van der Waals surface area contributed by atoms with E-state index >= 15 is 0 Å². The molecule has 0 aromatic carbocycles. The fourth-order valence-corrected chi connectivity index (χ4v) is 1.80. The van der Waals surface area contributed by atoms with E-state index in [0.717, 1.165) is 26.2 Å². The van der Waals surface area contributed by atoms with Crippen LogP contribution >= 0.6 is 0 Å². The average molecular weight is 197 g/mol. The summed E-state index contributed by atoms with van der Waals surface area (Å²) >= 11 is 0. The van der Waals surface area contributed by atoms with E-state index in [-0.39, 0.29) is 0 Å². The van der Waals surface area contributed by atoms with Crippen LogP contribution in [0.15, 0.2) is 12.2 Å². The van der Waals surface area contributed by atoms with Crippen LogP contribution in [0.2, 0.25) is 0 Å². The molecule has 2 heteroatoms. The molecular weight excluding hydrogens is 174 g/mol. The van der Waals surface area contributed by atoms with E-state index in [2.05, 4.69) is 37.8 Å². The van der Waals surface area contributed by atoms with Gasteiger partial charge in [-0.25, -0.2) is 0 Å². The lowest BCUT2D eigenvalue weighted by atomic mass is 10.1. The van der Waals surface area contributed by atoms with Crippen molar-refractivity contribution in [2.75, 3.05) is 26.3 Å². The van der Waals surface area contributed by atoms with E-state index in [0.29, 0.717) is 12.0 Å². The molecule has 0 bridgehead atoms. The van der Waals surface area contributed by atoms with Crippen LogP contribution in [0, 0.1) is 5.92 Å². The van der Waals surface area contributed by atoms with Gasteiger partial charge >= 0.3 is 0 Å². The molecular formula is C12H23NO. The first-order chi connectivity index (χ1) is 6.70. The summed E-state index contributed by atoms with van der Waals surface area (Å²) in [6.07, 6.45) is 5.56. The predicted octanol–water partition coefficient (Wildman–Crippen LogP) is 2.31. The molecule has 1 heterocycles. The molecule has 1 atom stereocenters. The summed E-state index contributed by atoms with van der Waals surface area (Å²) in [5.74, 6) is 0.638. The number of ether oxygens (including phenoxy) is 1. The molecule has 0 fully saturated rings. The Bertz CT molecular complexity index is 177. The highest BCUT2D eigenvalue weighted by Gasteiger charge is 2.12. The Morgan fingerprint density at radius 2 is 2.21 bits per heavy atom. The van der Waals surface area contributed by atoms with Gasteiger partial charge in [-0.1, -0.05) is 19.1 Å². The van der Waals surface area contributed by atoms with Crippen molar-refractivity contribution < 1.29 is 4.74 Å². The van der Waals surface area contributed by atoms with Crippen molar-refractivity contribution in [3.63, 3.8) is 0 Å². The van der Waals surface area contributed by atoms with Crippen LogP contribution in [0.5, 0.6) is 0 Å². The highest BCUT2D eigenvalue weighted by atomic mass is 16.5. The standard InChI is InChI=1S/C12H23NO/c1-11(2)13-7-5-9-14-8-4-6-12(3)10-13/h4,6,11-12H,5,7-10H2,1-3H3/b6-4-. The topological polar surface area (TPSA) is 12.5 Å². The van der Waals surface area contributed by atoms with E-state index < -0.39 is 0 Å². The lowest BCUT2D eigenvalue weighted by molar-refractivity contribution is 0.127. The van der Waals surface area contributed by atoms with Gasteiger partial charge in [-0.2, -0.15) is 0 Å². The summed E-state index contributed by atoms with van der Waals surface area (Å²) in [6.45, 7) is 10.8. The van der Waals surface area contributed by atoms with Gasteiger partial charge in [0.05, 0.1) is 6.61 Å². The van der Waals surface area contributed by atoms with E-state index in [1.807, 2.05) is 0 Å². The van der Waals surface area contributed by atoms with Gasteiger partial charge in [-0.05, 0) is 26.2 Å². The lowest BCUT2D eigenvalue weighted by Gasteiger charge is -2.28. The summed E-state index contributed by atoms with van der Waals surface area (Å²) < 4.78 is 5.47. The minimum atomic E-state index is 0.638. The normalized spacial score (nSPS) is 29.0. The van der Waals surface area contributed by atoms with Crippen molar-refractivity contribution >= 4 is 0 Å². The highest BCUT2D eigenvalue weighted by Crippen LogP contribution is 2.08. The Morgan fingerprint density at radius 1 is 1.43 bits per heavy atom. The zero-order chi connectivity index (χ0) is 10.4. The first kappa shape index (κ1) is 11.7. The van der Waals surface area contributed by atoms with Crippen LogP contribution in [0.25, 0.3) is 0 Å². The van der Waals surface area contributed by atoms with E-state index in [9.17, 15) is 0 Å². The summed E-state index contributed by atoms with van der Waals surface area (Å²) in [4.78, 5) is 2.53. The second-order valence-corrected chi connectivity index (χ2v) is 4.42. The van der Waals surface area contributed by atoms with Gasteiger partial charge in [0.25, 0.3) is 0 Å². The molecule has 0 saturated carbocycles. The minimum Gasteiger partial charge on any atom is -0.377 e. The zero-order valence-corrected chi connectivity index (χ0v) is 9.70. The molecule has 1 aliphatic heterocycles. The van der Waals surface area contributed by atoms with Gasteiger partial charge in [-0.3, -0.25) is 0 Å². The minimum absolute atomic E-state index is 0.638. The SMILES string of the molecule is CC1/C=C\COCCCN(C(C)C)C1. The molecule has 1 unspecified atom stereocenters. The summed E-state index contributed by atoms with van der Waals surface area (Å²) in [6, 6.07) is 0.644. The molecule has 0 aromatic heterocycles. The summed E-state index contributed by atoms with van der Waals surface area (Å²) in [5.41, 5.74) is 0. The van der Waals surface area contributed by atoms with Crippen LogP contribution in [-0.4, -0.2) is 37.2 Å². The second-order valence-electron chi connectivity index (χ2n) is 4.42. The Morgan fingerprint density at radius 3 is 2.93 bits per heavy atom. The maximum absolute atomic E-state index is 5.47. The van der Waals surface area contributed by atoms with Crippen LogP contribution in [0.1, 0.15) is 27.2 Å². The molecule has 82 valence electrons. The first-order valence-electron chi connectivity index (χ1n) is 5.68. The molecule has 0 amide bonds. The average Bonchev–Trinajstić information content (AvgIpc) is 2.15.